The number of amides is 1. The number of carbonyl (C=O) groups excluding carboxylic acids is 2. The first-order valence-corrected chi connectivity index (χ1v) is 11.2. The van der Waals surface area contributed by atoms with Crippen molar-refractivity contribution in [1.29, 1.82) is 0 Å². The standard InChI is InChI=1S/C20H28N4O4S/c1-2-27-18(26)11-6-12-21-17(25)14-29-20-23-22-19(16-10-7-13-28-16)24(20)15-8-4-3-5-9-15/h7,10,13,15H,2-6,8-9,11-12,14H2,1H3,(H,21,25). The number of hydrogen-bond donors (Lipinski definition) is 1. The van der Waals surface area contributed by atoms with E-state index in [1.54, 1.807) is 13.2 Å². The maximum Gasteiger partial charge on any atom is 0.305 e. The molecule has 0 atom stereocenters. The number of ether oxygens (including phenoxy) is 1. The predicted molar refractivity (Wildman–Crippen MR) is 109 cm³/mol. The summed E-state index contributed by atoms with van der Waals surface area (Å²) in [5, 5.41) is 12.3. The molecule has 9 heteroatoms. The lowest BCUT2D eigenvalue weighted by Crippen LogP contribution is -2.27. The average Bonchev–Trinajstić information content (AvgIpc) is 3.40. The van der Waals surface area contributed by atoms with Gasteiger partial charge >= 0.3 is 5.97 Å². The van der Waals surface area contributed by atoms with E-state index >= 15 is 0 Å². The highest BCUT2D eigenvalue weighted by atomic mass is 32.2. The van der Waals surface area contributed by atoms with Crippen LogP contribution in [0.25, 0.3) is 11.6 Å². The molecule has 0 aromatic carbocycles. The molecule has 29 heavy (non-hydrogen) atoms. The molecule has 3 rings (SSSR count). The van der Waals surface area contributed by atoms with Gasteiger partial charge in [-0.1, -0.05) is 31.0 Å². The van der Waals surface area contributed by atoms with Gasteiger partial charge in [0, 0.05) is 19.0 Å². The molecule has 1 amide bonds. The third-order valence-corrected chi connectivity index (χ3v) is 5.81. The molecule has 1 aliphatic carbocycles. The second-order valence-corrected chi connectivity index (χ2v) is 7.94. The lowest BCUT2D eigenvalue weighted by molar-refractivity contribution is -0.143. The number of nitrogens with zero attached hydrogens (tertiary/aromatic N) is 3. The highest BCUT2D eigenvalue weighted by Gasteiger charge is 2.25. The molecule has 0 radical (unpaired) electrons. The van der Waals surface area contributed by atoms with Gasteiger partial charge in [0.25, 0.3) is 0 Å². The minimum Gasteiger partial charge on any atom is -0.466 e. The molecule has 2 aromatic heterocycles. The van der Waals surface area contributed by atoms with Crippen molar-refractivity contribution in [3.8, 4) is 11.6 Å². The van der Waals surface area contributed by atoms with Crippen molar-refractivity contribution in [3.63, 3.8) is 0 Å². The van der Waals surface area contributed by atoms with Gasteiger partial charge in [0.1, 0.15) is 0 Å². The number of esters is 1. The molecular formula is C20H28N4O4S. The summed E-state index contributed by atoms with van der Waals surface area (Å²) in [4.78, 5) is 23.5. The van der Waals surface area contributed by atoms with Gasteiger partial charge in [0.05, 0.1) is 18.6 Å². The van der Waals surface area contributed by atoms with Crippen molar-refractivity contribution < 1.29 is 18.7 Å². The van der Waals surface area contributed by atoms with E-state index in [1.807, 2.05) is 12.1 Å². The Labute approximate surface area is 174 Å². The van der Waals surface area contributed by atoms with Crippen molar-refractivity contribution in [1.82, 2.24) is 20.1 Å². The van der Waals surface area contributed by atoms with Gasteiger partial charge in [-0.15, -0.1) is 10.2 Å². The van der Waals surface area contributed by atoms with Crippen LogP contribution in [0.1, 0.15) is 57.9 Å². The molecule has 1 fully saturated rings. The topological polar surface area (TPSA) is 99.2 Å². The first-order chi connectivity index (χ1) is 14.2. The molecule has 0 spiro atoms. The fourth-order valence-corrected chi connectivity index (χ4v) is 4.33. The van der Waals surface area contributed by atoms with Crippen molar-refractivity contribution in [2.24, 2.45) is 0 Å². The van der Waals surface area contributed by atoms with E-state index in [1.165, 1.54) is 31.0 Å². The monoisotopic (exact) mass is 420 g/mol. The smallest absolute Gasteiger partial charge is 0.305 e. The minimum atomic E-state index is -0.234. The number of carbonyl (C=O) groups is 2. The Kier molecular flexibility index (Phi) is 8.15. The van der Waals surface area contributed by atoms with Gasteiger partial charge in [0.2, 0.25) is 11.7 Å². The molecule has 0 aliphatic heterocycles. The third-order valence-electron chi connectivity index (χ3n) is 4.86. The van der Waals surface area contributed by atoms with Crippen LogP contribution in [0.5, 0.6) is 0 Å². The highest BCUT2D eigenvalue weighted by molar-refractivity contribution is 7.99. The predicted octanol–water partition coefficient (Wildman–Crippen LogP) is 3.59. The van der Waals surface area contributed by atoms with Crippen LogP contribution in [0.15, 0.2) is 28.0 Å². The van der Waals surface area contributed by atoms with Crippen molar-refractivity contribution in [3.05, 3.63) is 18.4 Å². The van der Waals surface area contributed by atoms with E-state index in [4.69, 9.17) is 9.15 Å². The molecule has 0 saturated heterocycles. The van der Waals surface area contributed by atoms with Gasteiger partial charge < -0.3 is 14.5 Å². The number of rotatable bonds is 10. The lowest BCUT2D eigenvalue weighted by atomic mass is 9.95. The number of aromatic nitrogens is 3. The Morgan fingerprint density at radius 2 is 2.14 bits per heavy atom. The zero-order valence-electron chi connectivity index (χ0n) is 16.8. The Hall–Kier alpha value is -2.29. The number of hydrogen-bond acceptors (Lipinski definition) is 7. The summed E-state index contributed by atoms with van der Waals surface area (Å²) in [7, 11) is 0. The summed E-state index contributed by atoms with van der Waals surface area (Å²) in [5.41, 5.74) is 0. The van der Waals surface area contributed by atoms with Crippen LogP contribution in [-0.4, -0.2) is 45.5 Å². The van der Waals surface area contributed by atoms with E-state index in [-0.39, 0.29) is 17.6 Å². The first kappa shape index (κ1) is 21.4. The van der Waals surface area contributed by atoms with Crippen molar-refractivity contribution in [2.75, 3.05) is 18.9 Å². The van der Waals surface area contributed by atoms with Crippen LogP contribution < -0.4 is 5.32 Å². The zero-order chi connectivity index (χ0) is 20.5. The van der Waals surface area contributed by atoms with Crippen molar-refractivity contribution >= 4 is 23.6 Å². The van der Waals surface area contributed by atoms with E-state index in [0.717, 1.165) is 23.8 Å². The summed E-state index contributed by atoms with van der Waals surface area (Å²) in [6.07, 6.45) is 8.30. The summed E-state index contributed by atoms with van der Waals surface area (Å²) in [6.45, 7) is 2.61. The molecular weight excluding hydrogens is 392 g/mol. The number of nitrogens with one attached hydrogen (secondary N) is 1. The fraction of sp³-hybridized carbons (Fsp3) is 0.600. The van der Waals surface area contributed by atoms with Gasteiger partial charge in [0.15, 0.2) is 10.9 Å². The van der Waals surface area contributed by atoms with E-state index in [9.17, 15) is 9.59 Å². The highest BCUT2D eigenvalue weighted by Crippen LogP contribution is 2.35. The maximum atomic E-state index is 12.2. The lowest BCUT2D eigenvalue weighted by Gasteiger charge is -2.25. The Bertz CT molecular complexity index is 785. The summed E-state index contributed by atoms with van der Waals surface area (Å²) >= 11 is 1.38. The van der Waals surface area contributed by atoms with Crippen LogP contribution >= 0.6 is 11.8 Å². The van der Waals surface area contributed by atoms with E-state index in [2.05, 4.69) is 20.1 Å². The average molecular weight is 421 g/mol. The van der Waals surface area contributed by atoms with Gasteiger partial charge in [-0.05, 0) is 38.3 Å². The van der Waals surface area contributed by atoms with Crippen LogP contribution in [0.4, 0.5) is 0 Å². The summed E-state index contributed by atoms with van der Waals surface area (Å²) < 4.78 is 12.6. The molecule has 2 heterocycles. The maximum absolute atomic E-state index is 12.2. The number of thioether (sulfide) groups is 1. The Morgan fingerprint density at radius 3 is 2.86 bits per heavy atom. The molecule has 0 unspecified atom stereocenters. The van der Waals surface area contributed by atoms with Gasteiger partial charge in [-0.2, -0.15) is 0 Å². The molecule has 2 aromatic rings. The van der Waals surface area contributed by atoms with E-state index < -0.39 is 0 Å². The SMILES string of the molecule is CCOC(=O)CCCNC(=O)CSc1nnc(-c2ccco2)n1C1CCCCC1. The zero-order valence-corrected chi connectivity index (χ0v) is 17.6. The third kappa shape index (κ3) is 6.09. The van der Waals surface area contributed by atoms with Crippen LogP contribution in [-0.2, 0) is 14.3 Å². The normalized spacial score (nSPS) is 14.7. The summed E-state index contributed by atoms with van der Waals surface area (Å²) in [5.74, 6) is 1.35. The van der Waals surface area contributed by atoms with E-state index in [0.29, 0.717) is 37.8 Å². The molecule has 1 saturated carbocycles. The Balaban J connectivity index is 1.56. The first-order valence-electron chi connectivity index (χ1n) is 10.2. The van der Waals surface area contributed by atoms with Gasteiger partial charge in [-0.25, -0.2) is 0 Å². The molecule has 1 N–H and O–H groups in total. The van der Waals surface area contributed by atoms with Crippen molar-refractivity contribution in [2.45, 2.75) is 63.1 Å². The fourth-order valence-electron chi connectivity index (χ4n) is 3.49. The minimum absolute atomic E-state index is 0.0865. The molecule has 0 bridgehead atoms. The molecule has 8 nitrogen and oxygen atoms in total. The van der Waals surface area contributed by atoms with Crippen LogP contribution in [0.2, 0.25) is 0 Å². The quantitative estimate of drug-likeness (QED) is 0.356. The Morgan fingerprint density at radius 1 is 1.31 bits per heavy atom. The molecule has 1 aliphatic rings. The second kappa shape index (κ2) is 11.0. The van der Waals surface area contributed by atoms with Crippen LogP contribution in [0, 0.1) is 0 Å². The van der Waals surface area contributed by atoms with Gasteiger partial charge in [-0.3, -0.25) is 14.2 Å². The van der Waals surface area contributed by atoms with Crippen LogP contribution in [0.3, 0.4) is 0 Å². The molecule has 158 valence electrons. The number of furan rings is 1. The largest absolute Gasteiger partial charge is 0.466 e. The summed E-state index contributed by atoms with van der Waals surface area (Å²) in [6, 6.07) is 4.05. The second-order valence-electron chi connectivity index (χ2n) is 6.99.